The molecule has 0 radical (unpaired) electrons. The number of anilines is 1. The molecule has 0 unspecified atom stereocenters. The Labute approximate surface area is 120 Å². The summed E-state index contributed by atoms with van der Waals surface area (Å²) in [6, 6.07) is 5.59. The van der Waals surface area contributed by atoms with Gasteiger partial charge in [-0.15, -0.1) is 11.3 Å². The normalized spacial score (nSPS) is 10.9. The van der Waals surface area contributed by atoms with Crippen LogP contribution < -0.4 is 5.32 Å². The molecule has 0 fully saturated rings. The lowest BCUT2D eigenvalue weighted by atomic mass is 10.3. The van der Waals surface area contributed by atoms with E-state index in [1.807, 2.05) is 17.5 Å². The number of nitrogens with one attached hydrogen (secondary N) is 1. The molecule has 2 nitrogen and oxygen atoms in total. The van der Waals surface area contributed by atoms with Crippen LogP contribution in [0.25, 0.3) is 6.08 Å². The van der Waals surface area contributed by atoms with Gasteiger partial charge in [0.2, 0.25) is 5.91 Å². The predicted octanol–water partition coefficient (Wildman–Crippen LogP) is 4.44. The van der Waals surface area contributed by atoms with Crippen molar-refractivity contribution < 1.29 is 13.6 Å². The maximum atomic E-state index is 13.5. The van der Waals surface area contributed by atoms with E-state index in [1.54, 1.807) is 6.08 Å². The first-order valence-electron chi connectivity index (χ1n) is 5.23. The van der Waals surface area contributed by atoms with E-state index in [0.29, 0.717) is 0 Å². The lowest BCUT2D eigenvalue weighted by molar-refractivity contribution is -0.111. The fourth-order valence-corrected chi connectivity index (χ4v) is 2.27. The van der Waals surface area contributed by atoms with Gasteiger partial charge in [-0.1, -0.05) is 6.07 Å². The minimum Gasteiger partial charge on any atom is -0.320 e. The molecule has 2 aromatic rings. The summed E-state index contributed by atoms with van der Waals surface area (Å²) < 4.78 is 26.7. The Bertz CT molecular complexity index is 626. The molecule has 1 amide bonds. The van der Waals surface area contributed by atoms with Crippen LogP contribution in [0.15, 0.2) is 40.2 Å². The zero-order chi connectivity index (χ0) is 13.8. The third-order valence-electron chi connectivity index (χ3n) is 2.21. The van der Waals surface area contributed by atoms with E-state index < -0.39 is 17.5 Å². The molecule has 1 aromatic heterocycles. The molecule has 98 valence electrons. The molecule has 6 heteroatoms. The average Bonchev–Trinajstić information content (AvgIpc) is 2.86. The molecule has 0 atom stereocenters. The van der Waals surface area contributed by atoms with Crippen LogP contribution in [0.4, 0.5) is 14.5 Å². The van der Waals surface area contributed by atoms with E-state index in [-0.39, 0.29) is 10.2 Å². The molecule has 0 aliphatic carbocycles. The highest BCUT2D eigenvalue weighted by molar-refractivity contribution is 9.10. The SMILES string of the molecule is O=C(/C=C/c1cccs1)Nc1cc(F)c(Br)cc1F. The van der Waals surface area contributed by atoms with Crippen molar-refractivity contribution in [3.63, 3.8) is 0 Å². The Morgan fingerprint density at radius 3 is 2.79 bits per heavy atom. The van der Waals surface area contributed by atoms with Crippen molar-refractivity contribution in [2.75, 3.05) is 5.32 Å². The van der Waals surface area contributed by atoms with Gasteiger partial charge in [-0.3, -0.25) is 4.79 Å². The molecular weight excluding hydrogens is 336 g/mol. The Morgan fingerprint density at radius 2 is 2.11 bits per heavy atom. The van der Waals surface area contributed by atoms with Crippen molar-refractivity contribution in [3.05, 3.63) is 56.7 Å². The third kappa shape index (κ3) is 3.71. The van der Waals surface area contributed by atoms with Crippen LogP contribution in [0, 0.1) is 11.6 Å². The fraction of sp³-hybridized carbons (Fsp3) is 0. The van der Waals surface area contributed by atoms with E-state index in [4.69, 9.17) is 0 Å². The highest BCUT2D eigenvalue weighted by Crippen LogP contribution is 2.23. The third-order valence-corrected chi connectivity index (χ3v) is 3.66. The second-order valence-corrected chi connectivity index (χ2v) is 5.42. The average molecular weight is 344 g/mol. The fourth-order valence-electron chi connectivity index (χ4n) is 1.34. The number of thiophene rings is 1. The molecule has 19 heavy (non-hydrogen) atoms. The topological polar surface area (TPSA) is 29.1 Å². The Balaban J connectivity index is 2.09. The number of hydrogen-bond acceptors (Lipinski definition) is 2. The molecule has 1 aromatic carbocycles. The highest BCUT2D eigenvalue weighted by Gasteiger charge is 2.09. The Kier molecular flexibility index (Phi) is 4.44. The predicted molar refractivity (Wildman–Crippen MR) is 76.0 cm³/mol. The van der Waals surface area contributed by atoms with Gasteiger partial charge in [0, 0.05) is 17.0 Å². The number of halogens is 3. The highest BCUT2D eigenvalue weighted by atomic mass is 79.9. The summed E-state index contributed by atoms with van der Waals surface area (Å²) in [4.78, 5) is 12.5. The quantitative estimate of drug-likeness (QED) is 0.647. The van der Waals surface area contributed by atoms with E-state index >= 15 is 0 Å². The van der Waals surface area contributed by atoms with Crippen molar-refractivity contribution in [2.24, 2.45) is 0 Å². The number of carbonyl (C=O) groups is 1. The summed E-state index contributed by atoms with van der Waals surface area (Å²) >= 11 is 4.33. The van der Waals surface area contributed by atoms with Gasteiger partial charge < -0.3 is 5.32 Å². The summed E-state index contributed by atoms with van der Waals surface area (Å²) in [5.41, 5.74) is -0.193. The van der Waals surface area contributed by atoms with Crippen molar-refractivity contribution in [1.29, 1.82) is 0 Å². The largest absolute Gasteiger partial charge is 0.320 e. The summed E-state index contributed by atoms with van der Waals surface area (Å²) in [5, 5.41) is 4.16. The first-order chi connectivity index (χ1) is 9.06. The second-order valence-electron chi connectivity index (χ2n) is 3.58. The number of rotatable bonds is 3. The van der Waals surface area contributed by atoms with E-state index in [1.165, 1.54) is 17.4 Å². The smallest absolute Gasteiger partial charge is 0.248 e. The number of benzene rings is 1. The molecule has 0 saturated heterocycles. The van der Waals surface area contributed by atoms with E-state index in [0.717, 1.165) is 17.0 Å². The molecule has 2 rings (SSSR count). The van der Waals surface area contributed by atoms with Gasteiger partial charge >= 0.3 is 0 Å². The Hall–Kier alpha value is -1.53. The van der Waals surface area contributed by atoms with Gasteiger partial charge in [0.05, 0.1) is 10.2 Å². The van der Waals surface area contributed by atoms with Crippen LogP contribution in [-0.2, 0) is 4.79 Å². The van der Waals surface area contributed by atoms with Gasteiger partial charge in [-0.2, -0.15) is 0 Å². The van der Waals surface area contributed by atoms with Crippen molar-refractivity contribution in [3.8, 4) is 0 Å². The van der Waals surface area contributed by atoms with Gasteiger partial charge in [-0.05, 0) is 39.5 Å². The van der Waals surface area contributed by atoms with E-state index in [9.17, 15) is 13.6 Å². The summed E-state index contributed by atoms with van der Waals surface area (Å²) in [6.45, 7) is 0. The van der Waals surface area contributed by atoms with Gasteiger partial charge in [0.25, 0.3) is 0 Å². The molecule has 1 heterocycles. The first-order valence-corrected chi connectivity index (χ1v) is 6.90. The molecule has 0 spiro atoms. The van der Waals surface area contributed by atoms with E-state index in [2.05, 4.69) is 21.2 Å². The molecule has 0 saturated carbocycles. The minimum absolute atomic E-state index is 0.0112. The minimum atomic E-state index is -0.703. The molecule has 0 bridgehead atoms. The maximum Gasteiger partial charge on any atom is 0.248 e. The zero-order valence-corrected chi connectivity index (χ0v) is 11.9. The van der Waals surface area contributed by atoms with Crippen LogP contribution >= 0.6 is 27.3 Å². The Morgan fingerprint density at radius 1 is 1.32 bits per heavy atom. The van der Waals surface area contributed by atoms with Crippen LogP contribution in [0.2, 0.25) is 0 Å². The number of amides is 1. The molecule has 0 aliphatic heterocycles. The molecule has 0 aliphatic rings. The van der Waals surface area contributed by atoms with Gasteiger partial charge in [-0.25, -0.2) is 8.78 Å². The van der Waals surface area contributed by atoms with Crippen molar-refractivity contribution >= 4 is 44.9 Å². The lowest BCUT2D eigenvalue weighted by Gasteiger charge is -2.05. The van der Waals surface area contributed by atoms with Crippen LogP contribution in [-0.4, -0.2) is 5.91 Å². The zero-order valence-electron chi connectivity index (χ0n) is 9.49. The van der Waals surface area contributed by atoms with Gasteiger partial charge in [0.15, 0.2) is 0 Å². The van der Waals surface area contributed by atoms with Crippen LogP contribution in [0.5, 0.6) is 0 Å². The van der Waals surface area contributed by atoms with Gasteiger partial charge in [0.1, 0.15) is 11.6 Å². The monoisotopic (exact) mass is 343 g/mol. The van der Waals surface area contributed by atoms with Crippen molar-refractivity contribution in [2.45, 2.75) is 0 Å². The maximum absolute atomic E-state index is 13.5. The first kappa shape index (κ1) is 13.9. The summed E-state index contributed by atoms with van der Waals surface area (Å²) in [5.74, 6) is -1.86. The molecular formula is C13H8BrF2NOS. The standard InChI is InChI=1S/C13H8BrF2NOS/c14-9-6-11(16)12(7-10(9)15)17-13(18)4-3-8-2-1-5-19-8/h1-7H,(H,17,18)/b4-3+. The number of hydrogen-bond donors (Lipinski definition) is 1. The summed E-state index contributed by atoms with van der Waals surface area (Å²) in [6.07, 6.45) is 2.87. The second kappa shape index (κ2) is 6.08. The lowest BCUT2D eigenvalue weighted by Crippen LogP contribution is -2.09. The molecule has 1 N–H and O–H groups in total. The van der Waals surface area contributed by atoms with Crippen LogP contribution in [0.1, 0.15) is 4.88 Å². The van der Waals surface area contributed by atoms with Crippen molar-refractivity contribution in [1.82, 2.24) is 0 Å². The number of carbonyl (C=O) groups excluding carboxylic acids is 1. The summed E-state index contributed by atoms with van der Waals surface area (Å²) in [7, 11) is 0. The van der Waals surface area contributed by atoms with Crippen LogP contribution in [0.3, 0.4) is 0 Å².